The van der Waals surface area contributed by atoms with Crippen molar-refractivity contribution in [2.24, 2.45) is 0 Å². The Morgan fingerprint density at radius 2 is 1.94 bits per heavy atom. The monoisotopic (exact) mass is 253 g/mol. The first-order chi connectivity index (χ1) is 8.67. The molecule has 0 saturated carbocycles. The van der Waals surface area contributed by atoms with Crippen LogP contribution >= 0.6 is 0 Å². The van der Waals surface area contributed by atoms with Crippen molar-refractivity contribution in [3.05, 3.63) is 24.3 Å². The Kier molecular flexibility index (Phi) is 6.54. The second kappa shape index (κ2) is 7.95. The summed E-state index contributed by atoms with van der Waals surface area (Å²) in [4.78, 5) is 2.06. The van der Waals surface area contributed by atoms with Gasteiger partial charge in [0.25, 0.3) is 0 Å². The fraction of sp³-hybridized carbons (Fsp3) is 0.571. The average molecular weight is 253 g/mol. The van der Waals surface area contributed by atoms with Gasteiger partial charge in [-0.05, 0) is 25.6 Å². The highest BCUT2D eigenvalue weighted by molar-refractivity contribution is 5.39. The molecule has 102 valence electrons. The van der Waals surface area contributed by atoms with Gasteiger partial charge >= 0.3 is 0 Å². The molecule has 1 N–H and O–H groups in total. The van der Waals surface area contributed by atoms with Crippen LogP contribution in [0.2, 0.25) is 0 Å². The zero-order valence-electron chi connectivity index (χ0n) is 11.4. The first-order valence-corrected chi connectivity index (χ1v) is 6.29. The molecule has 0 saturated heterocycles. The SMILES string of the molecule is CC[C@@H](O)CN(C)CCOc1ccccc1OC. The van der Waals surface area contributed by atoms with Gasteiger partial charge < -0.3 is 19.5 Å². The second-order valence-corrected chi connectivity index (χ2v) is 4.32. The minimum absolute atomic E-state index is 0.263. The number of hydrogen-bond acceptors (Lipinski definition) is 4. The fourth-order valence-corrected chi connectivity index (χ4v) is 1.63. The van der Waals surface area contributed by atoms with E-state index >= 15 is 0 Å². The Bertz CT molecular complexity index is 344. The van der Waals surface area contributed by atoms with E-state index in [2.05, 4.69) is 4.90 Å². The maximum atomic E-state index is 9.52. The van der Waals surface area contributed by atoms with Crippen molar-refractivity contribution in [1.82, 2.24) is 4.90 Å². The number of benzene rings is 1. The number of para-hydroxylation sites is 2. The van der Waals surface area contributed by atoms with Gasteiger partial charge in [0.05, 0.1) is 13.2 Å². The number of likely N-dealkylation sites (N-methyl/N-ethyl adjacent to an activating group) is 1. The highest BCUT2D eigenvalue weighted by Crippen LogP contribution is 2.25. The van der Waals surface area contributed by atoms with Gasteiger partial charge in [0, 0.05) is 13.1 Å². The molecule has 1 rings (SSSR count). The van der Waals surface area contributed by atoms with E-state index in [-0.39, 0.29) is 6.10 Å². The Labute approximate surface area is 109 Å². The van der Waals surface area contributed by atoms with Crippen molar-refractivity contribution < 1.29 is 14.6 Å². The zero-order valence-corrected chi connectivity index (χ0v) is 11.4. The minimum Gasteiger partial charge on any atom is -0.493 e. The number of rotatable bonds is 8. The number of nitrogens with zero attached hydrogens (tertiary/aromatic N) is 1. The maximum Gasteiger partial charge on any atom is 0.161 e. The fourth-order valence-electron chi connectivity index (χ4n) is 1.63. The van der Waals surface area contributed by atoms with Crippen LogP contribution in [0.1, 0.15) is 13.3 Å². The standard InChI is InChI=1S/C14H23NO3/c1-4-12(16)11-15(2)9-10-18-14-8-6-5-7-13(14)17-3/h5-8,12,16H,4,9-11H2,1-3H3/t12-/m1/s1. The van der Waals surface area contributed by atoms with Crippen LogP contribution in [0.3, 0.4) is 0 Å². The molecule has 0 unspecified atom stereocenters. The molecule has 0 heterocycles. The third-order valence-corrected chi connectivity index (χ3v) is 2.79. The molecular weight excluding hydrogens is 230 g/mol. The molecule has 18 heavy (non-hydrogen) atoms. The summed E-state index contributed by atoms with van der Waals surface area (Å²) in [5.41, 5.74) is 0. The Morgan fingerprint density at radius 1 is 1.28 bits per heavy atom. The van der Waals surface area contributed by atoms with E-state index in [1.165, 1.54) is 0 Å². The number of aliphatic hydroxyl groups is 1. The summed E-state index contributed by atoms with van der Waals surface area (Å²) in [7, 11) is 3.61. The molecule has 1 aromatic rings. The third kappa shape index (κ3) is 4.94. The lowest BCUT2D eigenvalue weighted by Crippen LogP contribution is -2.32. The van der Waals surface area contributed by atoms with Crippen LogP contribution in [0.5, 0.6) is 11.5 Å². The topological polar surface area (TPSA) is 41.9 Å². The largest absolute Gasteiger partial charge is 0.493 e. The average Bonchev–Trinajstić information content (AvgIpc) is 2.39. The van der Waals surface area contributed by atoms with Crippen LogP contribution in [-0.4, -0.2) is 50.0 Å². The first kappa shape index (κ1) is 14.8. The van der Waals surface area contributed by atoms with Crippen molar-refractivity contribution >= 4 is 0 Å². The summed E-state index contributed by atoms with van der Waals surface area (Å²) in [5.74, 6) is 1.50. The van der Waals surface area contributed by atoms with Gasteiger partial charge in [-0.15, -0.1) is 0 Å². The number of hydrogen-bond donors (Lipinski definition) is 1. The van der Waals surface area contributed by atoms with Crippen LogP contribution in [0.15, 0.2) is 24.3 Å². The smallest absolute Gasteiger partial charge is 0.161 e. The van der Waals surface area contributed by atoms with Gasteiger partial charge in [-0.1, -0.05) is 19.1 Å². The van der Waals surface area contributed by atoms with E-state index in [1.807, 2.05) is 38.2 Å². The molecule has 0 amide bonds. The van der Waals surface area contributed by atoms with Gasteiger partial charge in [-0.2, -0.15) is 0 Å². The first-order valence-electron chi connectivity index (χ1n) is 6.29. The van der Waals surface area contributed by atoms with E-state index in [0.29, 0.717) is 13.2 Å². The molecule has 0 aliphatic rings. The molecule has 0 spiro atoms. The molecule has 0 aromatic heterocycles. The second-order valence-electron chi connectivity index (χ2n) is 4.32. The zero-order chi connectivity index (χ0) is 13.4. The highest BCUT2D eigenvalue weighted by atomic mass is 16.5. The lowest BCUT2D eigenvalue weighted by Gasteiger charge is -2.20. The van der Waals surface area contributed by atoms with Gasteiger partial charge in [-0.3, -0.25) is 0 Å². The Balaban J connectivity index is 2.32. The lowest BCUT2D eigenvalue weighted by molar-refractivity contribution is 0.113. The van der Waals surface area contributed by atoms with Crippen molar-refractivity contribution in [2.75, 3.05) is 33.9 Å². The number of ether oxygens (including phenoxy) is 2. The van der Waals surface area contributed by atoms with Crippen molar-refractivity contribution in [3.63, 3.8) is 0 Å². The van der Waals surface area contributed by atoms with Gasteiger partial charge in [0.1, 0.15) is 6.61 Å². The van der Waals surface area contributed by atoms with Crippen molar-refractivity contribution in [1.29, 1.82) is 0 Å². The third-order valence-electron chi connectivity index (χ3n) is 2.79. The molecular formula is C14H23NO3. The molecule has 4 nitrogen and oxygen atoms in total. The van der Waals surface area contributed by atoms with Crippen LogP contribution < -0.4 is 9.47 Å². The van der Waals surface area contributed by atoms with E-state index in [9.17, 15) is 5.11 Å². The molecule has 4 heteroatoms. The van der Waals surface area contributed by atoms with E-state index in [0.717, 1.165) is 24.5 Å². The molecule has 0 aliphatic carbocycles. The normalized spacial score (nSPS) is 12.5. The van der Waals surface area contributed by atoms with Crippen LogP contribution in [0.4, 0.5) is 0 Å². The molecule has 0 fully saturated rings. The molecule has 0 radical (unpaired) electrons. The van der Waals surface area contributed by atoms with E-state index in [1.54, 1.807) is 7.11 Å². The van der Waals surface area contributed by atoms with Gasteiger partial charge in [-0.25, -0.2) is 0 Å². The molecule has 0 aliphatic heterocycles. The highest BCUT2D eigenvalue weighted by Gasteiger charge is 2.07. The van der Waals surface area contributed by atoms with Crippen LogP contribution in [0.25, 0.3) is 0 Å². The van der Waals surface area contributed by atoms with Gasteiger partial charge in [0.15, 0.2) is 11.5 Å². The lowest BCUT2D eigenvalue weighted by atomic mass is 10.2. The summed E-state index contributed by atoms with van der Waals surface area (Å²) in [6, 6.07) is 7.59. The maximum absolute atomic E-state index is 9.52. The molecule has 0 bridgehead atoms. The summed E-state index contributed by atoms with van der Waals surface area (Å²) < 4.78 is 10.9. The molecule has 1 aromatic carbocycles. The van der Waals surface area contributed by atoms with E-state index in [4.69, 9.17) is 9.47 Å². The number of methoxy groups -OCH3 is 1. The summed E-state index contributed by atoms with van der Waals surface area (Å²) in [6.45, 7) is 4.00. The summed E-state index contributed by atoms with van der Waals surface area (Å²) in [6.07, 6.45) is 0.513. The Morgan fingerprint density at radius 3 is 2.56 bits per heavy atom. The predicted molar refractivity (Wildman–Crippen MR) is 72.3 cm³/mol. The minimum atomic E-state index is -0.263. The van der Waals surface area contributed by atoms with Gasteiger partial charge in [0.2, 0.25) is 0 Å². The Hall–Kier alpha value is -1.26. The van der Waals surface area contributed by atoms with Crippen molar-refractivity contribution in [2.45, 2.75) is 19.4 Å². The molecule has 1 atom stereocenters. The summed E-state index contributed by atoms with van der Waals surface area (Å²) in [5, 5.41) is 9.52. The predicted octanol–water partition coefficient (Wildman–Crippen LogP) is 1.78. The number of aliphatic hydroxyl groups excluding tert-OH is 1. The van der Waals surface area contributed by atoms with E-state index < -0.39 is 0 Å². The summed E-state index contributed by atoms with van der Waals surface area (Å²) >= 11 is 0. The van der Waals surface area contributed by atoms with Crippen LogP contribution in [-0.2, 0) is 0 Å². The van der Waals surface area contributed by atoms with Crippen molar-refractivity contribution in [3.8, 4) is 11.5 Å². The van der Waals surface area contributed by atoms with Crippen LogP contribution in [0, 0.1) is 0 Å². The quantitative estimate of drug-likeness (QED) is 0.767.